The van der Waals surface area contributed by atoms with E-state index in [4.69, 9.17) is 14.2 Å². The quantitative estimate of drug-likeness (QED) is 0.543. The molecule has 1 aromatic heterocycles. The van der Waals surface area contributed by atoms with Crippen LogP contribution in [-0.4, -0.2) is 48.3 Å². The first kappa shape index (κ1) is 14.9. The molecule has 0 spiro atoms. The second-order valence-electron chi connectivity index (χ2n) is 3.47. The van der Waals surface area contributed by atoms with Crippen LogP contribution in [0.15, 0.2) is 0 Å². The number of carbonyl (C=O) groups excluding carboxylic acids is 1. The first-order valence-corrected chi connectivity index (χ1v) is 5.93. The van der Waals surface area contributed by atoms with Gasteiger partial charge in [0.2, 0.25) is 5.95 Å². The molecule has 0 aliphatic rings. The summed E-state index contributed by atoms with van der Waals surface area (Å²) in [5.41, 5.74) is 0. The van der Waals surface area contributed by atoms with Gasteiger partial charge in [0.15, 0.2) is 0 Å². The molecule has 0 fully saturated rings. The number of anilines is 1. The summed E-state index contributed by atoms with van der Waals surface area (Å²) in [7, 11) is 2.92. The van der Waals surface area contributed by atoms with Crippen LogP contribution < -0.4 is 14.8 Å². The molecule has 106 valence electrons. The van der Waals surface area contributed by atoms with Crippen LogP contribution in [0, 0.1) is 0 Å². The number of hydrogen-bond acceptors (Lipinski definition) is 8. The van der Waals surface area contributed by atoms with E-state index in [1.807, 2.05) is 0 Å². The van der Waals surface area contributed by atoms with Crippen LogP contribution in [0.5, 0.6) is 12.0 Å². The van der Waals surface area contributed by atoms with E-state index in [2.05, 4.69) is 20.3 Å². The third-order valence-electron chi connectivity index (χ3n) is 2.11. The van der Waals surface area contributed by atoms with Gasteiger partial charge in [-0.15, -0.1) is 4.98 Å². The first-order valence-electron chi connectivity index (χ1n) is 5.93. The van der Waals surface area contributed by atoms with E-state index in [1.54, 1.807) is 6.92 Å². The zero-order valence-electron chi connectivity index (χ0n) is 11.3. The molecule has 0 atom stereocenters. The van der Waals surface area contributed by atoms with Gasteiger partial charge in [0.1, 0.15) is 0 Å². The minimum atomic E-state index is -0.213. The summed E-state index contributed by atoms with van der Waals surface area (Å²) >= 11 is 0. The Balaban J connectivity index is 2.42. The van der Waals surface area contributed by atoms with Crippen molar-refractivity contribution in [2.45, 2.75) is 19.8 Å². The van der Waals surface area contributed by atoms with Crippen LogP contribution in [0.4, 0.5) is 5.95 Å². The maximum absolute atomic E-state index is 11.1. The van der Waals surface area contributed by atoms with Crippen LogP contribution >= 0.6 is 0 Å². The molecule has 0 aliphatic heterocycles. The highest BCUT2D eigenvalue weighted by atomic mass is 16.5. The van der Waals surface area contributed by atoms with Gasteiger partial charge in [0.05, 0.1) is 20.8 Å². The number of nitrogens with zero attached hydrogens (tertiary/aromatic N) is 3. The number of carbonyl (C=O) groups is 1. The van der Waals surface area contributed by atoms with Crippen LogP contribution in [0.2, 0.25) is 0 Å². The molecule has 0 amide bonds. The second kappa shape index (κ2) is 8.06. The molecule has 0 radical (unpaired) electrons. The Bertz CT molecular complexity index is 391. The fourth-order valence-electron chi connectivity index (χ4n) is 1.27. The molecule has 0 bridgehead atoms. The van der Waals surface area contributed by atoms with E-state index < -0.39 is 0 Å². The minimum Gasteiger partial charge on any atom is -0.467 e. The number of aromatic nitrogens is 3. The molecule has 1 rings (SSSR count). The van der Waals surface area contributed by atoms with Gasteiger partial charge in [-0.3, -0.25) is 4.79 Å². The average Bonchev–Trinajstić information content (AvgIpc) is 2.43. The third kappa shape index (κ3) is 5.36. The van der Waals surface area contributed by atoms with Crippen molar-refractivity contribution in [3.8, 4) is 12.0 Å². The highest BCUT2D eigenvalue weighted by Gasteiger charge is 2.07. The average molecular weight is 270 g/mol. The number of esters is 1. The lowest BCUT2D eigenvalue weighted by Gasteiger charge is -2.07. The Labute approximate surface area is 111 Å². The number of ether oxygens (including phenoxy) is 3. The number of nitrogens with one attached hydrogen (secondary N) is 1. The zero-order valence-corrected chi connectivity index (χ0v) is 11.3. The van der Waals surface area contributed by atoms with Crippen molar-refractivity contribution in [1.82, 2.24) is 15.0 Å². The summed E-state index contributed by atoms with van der Waals surface area (Å²) in [6.07, 6.45) is 0.968. The first-order chi connectivity index (χ1) is 9.19. The Morgan fingerprint density at radius 1 is 1.16 bits per heavy atom. The SMILES string of the molecule is CCOC(=O)CCCNc1nc(OC)nc(OC)n1. The molecule has 1 heterocycles. The Kier molecular flexibility index (Phi) is 6.34. The van der Waals surface area contributed by atoms with Crippen molar-refractivity contribution in [1.29, 1.82) is 0 Å². The van der Waals surface area contributed by atoms with Gasteiger partial charge >= 0.3 is 18.0 Å². The highest BCUT2D eigenvalue weighted by molar-refractivity contribution is 5.69. The molecule has 1 N–H and O–H groups in total. The molecule has 8 nitrogen and oxygen atoms in total. The van der Waals surface area contributed by atoms with E-state index in [1.165, 1.54) is 14.2 Å². The van der Waals surface area contributed by atoms with E-state index in [0.29, 0.717) is 31.9 Å². The fraction of sp³-hybridized carbons (Fsp3) is 0.636. The third-order valence-corrected chi connectivity index (χ3v) is 2.11. The van der Waals surface area contributed by atoms with Crippen molar-refractivity contribution in [3.63, 3.8) is 0 Å². The molecular formula is C11H18N4O4. The standard InChI is InChI=1S/C11H18N4O4/c1-4-19-8(16)6-5-7-12-9-13-10(17-2)15-11(14-9)18-3/h4-7H2,1-3H3,(H,12,13,14,15). The Morgan fingerprint density at radius 2 is 1.79 bits per heavy atom. The smallest absolute Gasteiger partial charge is 0.324 e. The molecular weight excluding hydrogens is 252 g/mol. The van der Waals surface area contributed by atoms with Crippen LogP contribution in [0.1, 0.15) is 19.8 Å². The molecule has 1 aromatic rings. The molecule has 19 heavy (non-hydrogen) atoms. The molecule has 0 unspecified atom stereocenters. The van der Waals surface area contributed by atoms with E-state index >= 15 is 0 Å². The van der Waals surface area contributed by atoms with Crippen LogP contribution in [-0.2, 0) is 9.53 Å². The van der Waals surface area contributed by atoms with Crippen LogP contribution in [0.3, 0.4) is 0 Å². The zero-order chi connectivity index (χ0) is 14.1. The van der Waals surface area contributed by atoms with Gasteiger partial charge in [0.25, 0.3) is 0 Å². The largest absolute Gasteiger partial charge is 0.467 e. The lowest BCUT2D eigenvalue weighted by molar-refractivity contribution is -0.143. The van der Waals surface area contributed by atoms with Crippen molar-refractivity contribution < 1.29 is 19.0 Å². The maximum atomic E-state index is 11.1. The lowest BCUT2D eigenvalue weighted by atomic mass is 10.3. The maximum Gasteiger partial charge on any atom is 0.324 e. The van der Waals surface area contributed by atoms with E-state index in [9.17, 15) is 4.79 Å². The van der Waals surface area contributed by atoms with E-state index in [-0.39, 0.29) is 18.0 Å². The fourth-order valence-corrected chi connectivity index (χ4v) is 1.27. The van der Waals surface area contributed by atoms with Crippen LogP contribution in [0.25, 0.3) is 0 Å². The number of methoxy groups -OCH3 is 2. The van der Waals surface area contributed by atoms with Gasteiger partial charge in [-0.2, -0.15) is 9.97 Å². The Hall–Kier alpha value is -2.12. The summed E-state index contributed by atoms with van der Waals surface area (Å²) in [5.74, 6) is 0.127. The Morgan fingerprint density at radius 3 is 2.32 bits per heavy atom. The van der Waals surface area contributed by atoms with E-state index in [0.717, 1.165) is 0 Å². The molecule has 0 saturated carbocycles. The monoisotopic (exact) mass is 270 g/mol. The highest BCUT2D eigenvalue weighted by Crippen LogP contribution is 2.11. The summed E-state index contributed by atoms with van der Waals surface area (Å²) in [4.78, 5) is 23.0. The number of hydrogen-bond donors (Lipinski definition) is 1. The second-order valence-corrected chi connectivity index (χ2v) is 3.47. The van der Waals surface area contributed by atoms with Gasteiger partial charge in [-0.1, -0.05) is 0 Å². The minimum absolute atomic E-state index is 0.166. The van der Waals surface area contributed by atoms with Crippen molar-refractivity contribution in [3.05, 3.63) is 0 Å². The lowest BCUT2D eigenvalue weighted by Crippen LogP contribution is -2.11. The predicted molar refractivity (Wildman–Crippen MR) is 67.3 cm³/mol. The summed E-state index contributed by atoms with van der Waals surface area (Å²) in [6.45, 7) is 2.71. The van der Waals surface area contributed by atoms with Crippen molar-refractivity contribution in [2.24, 2.45) is 0 Å². The summed E-state index contributed by atoms with van der Waals surface area (Å²) in [6, 6.07) is 0.333. The van der Waals surface area contributed by atoms with Crippen molar-refractivity contribution in [2.75, 3.05) is 32.7 Å². The number of rotatable bonds is 8. The topological polar surface area (TPSA) is 95.5 Å². The molecule has 0 saturated heterocycles. The van der Waals surface area contributed by atoms with Crippen molar-refractivity contribution >= 4 is 11.9 Å². The molecule has 0 aliphatic carbocycles. The molecule has 0 aromatic carbocycles. The predicted octanol–water partition coefficient (Wildman–Crippen LogP) is 0.644. The van der Waals surface area contributed by atoms with Gasteiger partial charge in [-0.25, -0.2) is 0 Å². The van der Waals surface area contributed by atoms with Gasteiger partial charge in [-0.05, 0) is 13.3 Å². The summed E-state index contributed by atoms with van der Waals surface area (Å²) in [5, 5.41) is 2.96. The summed E-state index contributed by atoms with van der Waals surface area (Å²) < 4.78 is 14.7. The van der Waals surface area contributed by atoms with Gasteiger partial charge in [0, 0.05) is 13.0 Å². The molecule has 8 heteroatoms. The van der Waals surface area contributed by atoms with Gasteiger partial charge < -0.3 is 19.5 Å². The normalized spacial score (nSPS) is 9.84.